The van der Waals surface area contributed by atoms with Crippen LogP contribution in [-0.2, 0) is 0 Å². The minimum absolute atomic E-state index is 0.237. The van der Waals surface area contributed by atoms with Crippen LogP contribution >= 0.6 is 0 Å². The summed E-state index contributed by atoms with van der Waals surface area (Å²) in [5.74, 6) is -0.939. The second kappa shape index (κ2) is 5.83. The summed E-state index contributed by atoms with van der Waals surface area (Å²) in [6, 6.07) is 12.0. The van der Waals surface area contributed by atoms with Crippen LogP contribution in [0.25, 0.3) is 10.9 Å². The number of H-pyrrole nitrogens is 1. The first-order valence-corrected chi connectivity index (χ1v) is 7.27. The van der Waals surface area contributed by atoms with E-state index in [2.05, 4.69) is 4.98 Å². The number of nitrogens with one attached hydrogen (secondary N) is 1. The molecule has 1 heterocycles. The van der Waals surface area contributed by atoms with Gasteiger partial charge in [-0.1, -0.05) is 18.2 Å². The van der Waals surface area contributed by atoms with Gasteiger partial charge < -0.3 is 9.88 Å². The molecule has 0 spiro atoms. The number of rotatable bonds is 3. The molecule has 23 heavy (non-hydrogen) atoms. The van der Waals surface area contributed by atoms with Crippen molar-refractivity contribution in [2.24, 2.45) is 0 Å². The molecule has 0 aliphatic carbocycles. The molecule has 0 bridgehead atoms. The van der Waals surface area contributed by atoms with E-state index < -0.39 is 0 Å². The second-order valence-electron chi connectivity index (χ2n) is 5.53. The predicted octanol–water partition coefficient (Wildman–Crippen LogP) is 4.28. The molecular weight excluding hydrogens is 298 g/mol. The summed E-state index contributed by atoms with van der Waals surface area (Å²) in [6.07, 6.45) is 0. The molecule has 3 rings (SSSR count). The Balaban J connectivity index is 1.88. The van der Waals surface area contributed by atoms with Gasteiger partial charge in [0.2, 0.25) is 0 Å². The number of aromatic amines is 1. The predicted molar refractivity (Wildman–Crippen MR) is 85.2 cm³/mol. The van der Waals surface area contributed by atoms with Gasteiger partial charge in [0.25, 0.3) is 5.91 Å². The Morgan fingerprint density at radius 3 is 2.48 bits per heavy atom. The van der Waals surface area contributed by atoms with Gasteiger partial charge in [-0.25, -0.2) is 8.78 Å². The van der Waals surface area contributed by atoms with Crippen molar-refractivity contribution in [1.82, 2.24) is 9.88 Å². The molecule has 0 aliphatic heterocycles. The quantitative estimate of drug-likeness (QED) is 0.769. The van der Waals surface area contributed by atoms with Gasteiger partial charge in [0, 0.05) is 18.0 Å². The number of nitrogens with zero attached hydrogens (tertiary/aromatic N) is 1. The Morgan fingerprint density at radius 2 is 1.83 bits per heavy atom. The van der Waals surface area contributed by atoms with Crippen LogP contribution in [-0.4, -0.2) is 22.8 Å². The number of fused-ring (bicyclic) bond motifs is 1. The number of carbonyl (C=O) groups excluding carboxylic acids is 1. The lowest BCUT2D eigenvalue weighted by molar-refractivity contribution is 0.0737. The van der Waals surface area contributed by atoms with Crippen LogP contribution in [0.5, 0.6) is 0 Å². The zero-order chi connectivity index (χ0) is 16.6. The molecule has 1 unspecified atom stereocenters. The number of amides is 1. The fraction of sp³-hybridized carbons (Fsp3) is 0.167. The van der Waals surface area contributed by atoms with Gasteiger partial charge in [-0.05, 0) is 42.8 Å². The van der Waals surface area contributed by atoms with Crippen molar-refractivity contribution in [3.05, 3.63) is 71.4 Å². The normalized spacial score (nSPS) is 12.3. The van der Waals surface area contributed by atoms with Crippen molar-refractivity contribution in [2.45, 2.75) is 13.0 Å². The van der Waals surface area contributed by atoms with Gasteiger partial charge in [-0.15, -0.1) is 0 Å². The van der Waals surface area contributed by atoms with Crippen molar-refractivity contribution < 1.29 is 13.6 Å². The number of benzene rings is 2. The maximum Gasteiger partial charge on any atom is 0.270 e. The average molecular weight is 314 g/mol. The molecule has 0 saturated heterocycles. The molecule has 1 amide bonds. The maximum absolute atomic E-state index is 13.7. The van der Waals surface area contributed by atoms with Crippen molar-refractivity contribution in [2.75, 3.05) is 7.05 Å². The molecule has 0 saturated carbocycles. The summed E-state index contributed by atoms with van der Waals surface area (Å²) in [4.78, 5) is 17.1. The lowest BCUT2D eigenvalue weighted by atomic mass is 10.1. The first-order chi connectivity index (χ1) is 11.0. The third-order valence-corrected chi connectivity index (χ3v) is 4.10. The summed E-state index contributed by atoms with van der Waals surface area (Å²) < 4.78 is 26.8. The lowest BCUT2D eigenvalue weighted by Gasteiger charge is -2.25. The molecule has 0 fully saturated rings. The minimum Gasteiger partial charge on any atom is -0.350 e. The summed E-state index contributed by atoms with van der Waals surface area (Å²) in [5, 5.41) is 0.388. The van der Waals surface area contributed by atoms with Crippen LogP contribution in [0.4, 0.5) is 8.78 Å². The van der Waals surface area contributed by atoms with E-state index in [1.54, 1.807) is 31.3 Å². The Bertz CT molecular complexity index is 855. The van der Waals surface area contributed by atoms with Gasteiger partial charge in [-0.3, -0.25) is 4.79 Å². The average Bonchev–Trinajstić information content (AvgIpc) is 2.99. The first kappa shape index (κ1) is 15.2. The van der Waals surface area contributed by atoms with E-state index in [1.807, 2.05) is 6.92 Å². The smallest absolute Gasteiger partial charge is 0.270 e. The Labute approximate surface area is 132 Å². The lowest BCUT2D eigenvalue weighted by Crippen LogP contribution is -2.29. The highest BCUT2D eigenvalue weighted by atomic mass is 19.1. The number of hydrogen-bond acceptors (Lipinski definition) is 1. The Hall–Kier alpha value is -2.69. The Morgan fingerprint density at radius 1 is 1.13 bits per heavy atom. The van der Waals surface area contributed by atoms with Crippen LogP contribution in [0.3, 0.4) is 0 Å². The molecule has 0 radical (unpaired) electrons. The highest BCUT2D eigenvalue weighted by Gasteiger charge is 2.21. The van der Waals surface area contributed by atoms with Gasteiger partial charge in [0.05, 0.1) is 6.04 Å². The van der Waals surface area contributed by atoms with Crippen LogP contribution in [0, 0.1) is 11.6 Å². The zero-order valence-electron chi connectivity index (χ0n) is 12.8. The van der Waals surface area contributed by atoms with E-state index >= 15 is 0 Å². The number of carbonyl (C=O) groups is 1. The van der Waals surface area contributed by atoms with Crippen LogP contribution < -0.4 is 0 Å². The van der Waals surface area contributed by atoms with E-state index in [4.69, 9.17) is 0 Å². The molecule has 2 aromatic carbocycles. The van der Waals surface area contributed by atoms with E-state index in [0.29, 0.717) is 16.6 Å². The molecule has 1 N–H and O–H groups in total. The van der Waals surface area contributed by atoms with Crippen molar-refractivity contribution in [1.29, 1.82) is 0 Å². The largest absolute Gasteiger partial charge is 0.350 e. The maximum atomic E-state index is 13.7. The molecule has 1 aromatic heterocycles. The van der Waals surface area contributed by atoms with E-state index in [1.165, 1.54) is 29.2 Å². The Kier molecular flexibility index (Phi) is 3.86. The number of hydrogen-bond donors (Lipinski definition) is 1. The standard InChI is InChI=1S/C18H16F2N2O/c1-11(12-6-8-13(19)9-7-12)22(2)18(23)17-10-14-15(20)4-3-5-16(14)21-17/h3-11,21H,1-2H3. The molecule has 3 nitrogen and oxygen atoms in total. The third-order valence-electron chi connectivity index (χ3n) is 4.10. The monoisotopic (exact) mass is 314 g/mol. The highest BCUT2D eigenvalue weighted by molar-refractivity contribution is 5.98. The molecule has 1 atom stereocenters. The van der Waals surface area contributed by atoms with Gasteiger partial charge in [0.1, 0.15) is 17.3 Å². The van der Waals surface area contributed by atoms with Crippen molar-refractivity contribution in [3.63, 3.8) is 0 Å². The van der Waals surface area contributed by atoms with Gasteiger partial charge in [-0.2, -0.15) is 0 Å². The highest BCUT2D eigenvalue weighted by Crippen LogP contribution is 2.23. The van der Waals surface area contributed by atoms with Crippen LogP contribution in [0.2, 0.25) is 0 Å². The van der Waals surface area contributed by atoms with Gasteiger partial charge in [0.15, 0.2) is 0 Å². The van der Waals surface area contributed by atoms with Crippen molar-refractivity contribution >= 4 is 16.8 Å². The van der Waals surface area contributed by atoms with E-state index in [9.17, 15) is 13.6 Å². The molecule has 3 aromatic rings. The summed E-state index contributed by atoms with van der Waals surface area (Å²) in [6.45, 7) is 1.86. The summed E-state index contributed by atoms with van der Waals surface area (Å²) >= 11 is 0. The summed E-state index contributed by atoms with van der Waals surface area (Å²) in [7, 11) is 1.66. The molecule has 0 aliphatic rings. The topological polar surface area (TPSA) is 36.1 Å². The van der Waals surface area contributed by atoms with Crippen LogP contribution in [0.1, 0.15) is 29.0 Å². The SMILES string of the molecule is CC(c1ccc(F)cc1)N(C)C(=O)c1cc2c(F)cccc2[nH]1. The van der Waals surface area contributed by atoms with Crippen LogP contribution in [0.15, 0.2) is 48.5 Å². The van der Waals surface area contributed by atoms with Crippen molar-refractivity contribution in [3.8, 4) is 0 Å². The van der Waals surface area contributed by atoms with E-state index in [0.717, 1.165) is 5.56 Å². The van der Waals surface area contributed by atoms with Gasteiger partial charge >= 0.3 is 0 Å². The number of halogens is 2. The van der Waals surface area contributed by atoms with E-state index in [-0.39, 0.29) is 23.6 Å². The fourth-order valence-electron chi connectivity index (χ4n) is 2.56. The fourth-order valence-corrected chi connectivity index (χ4v) is 2.56. The first-order valence-electron chi connectivity index (χ1n) is 7.27. The second-order valence-corrected chi connectivity index (χ2v) is 5.53. The molecule has 5 heteroatoms. The third kappa shape index (κ3) is 2.82. The zero-order valence-corrected chi connectivity index (χ0v) is 12.8. The molecular formula is C18H16F2N2O. The summed E-state index contributed by atoms with van der Waals surface area (Å²) in [5.41, 5.74) is 1.72. The number of aromatic nitrogens is 1. The minimum atomic E-state index is -0.368. The molecule has 118 valence electrons.